The maximum Gasteiger partial charge on any atom is -0.00882 e. The monoisotopic (exact) mass is 448 g/mol. The molecule has 0 aromatic heterocycles. The molecule has 1 fully saturated rings. The third-order valence-corrected chi connectivity index (χ3v) is 5.91. The van der Waals surface area contributed by atoms with E-state index in [2.05, 4.69) is 136 Å². The summed E-state index contributed by atoms with van der Waals surface area (Å²) >= 11 is 0. The molecule has 0 N–H and O–H groups in total. The van der Waals surface area contributed by atoms with Crippen molar-refractivity contribution < 1.29 is 0 Å². The molecular weight excluding hydrogens is 396 g/mol. The summed E-state index contributed by atoms with van der Waals surface area (Å²) in [5, 5.41) is 0. The van der Waals surface area contributed by atoms with E-state index in [0.717, 1.165) is 12.3 Å². The molecule has 0 heteroatoms. The summed E-state index contributed by atoms with van der Waals surface area (Å²) in [7, 11) is 0. The van der Waals surface area contributed by atoms with E-state index in [1.54, 1.807) is 0 Å². The predicted octanol–water partition coefficient (Wildman–Crippen LogP) is 10.5. The van der Waals surface area contributed by atoms with Crippen LogP contribution in [0.3, 0.4) is 0 Å². The summed E-state index contributed by atoms with van der Waals surface area (Å²) < 4.78 is 0. The molecule has 33 heavy (non-hydrogen) atoms. The van der Waals surface area contributed by atoms with Crippen LogP contribution in [0.1, 0.15) is 112 Å². The van der Waals surface area contributed by atoms with Gasteiger partial charge in [-0.1, -0.05) is 149 Å². The fraction of sp³-hybridized carbons (Fsp3) is 0.576. The first-order valence-electron chi connectivity index (χ1n) is 13.0. The third-order valence-electron chi connectivity index (χ3n) is 5.91. The van der Waals surface area contributed by atoms with Gasteiger partial charge in [0, 0.05) is 0 Å². The van der Waals surface area contributed by atoms with Gasteiger partial charge in [0.15, 0.2) is 0 Å². The molecule has 0 bridgehead atoms. The lowest BCUT2D eigenvalue weighted by molar-refractivity contribution is 0.246. The molecule has 0 atom stereocenters. The lowest BCUT2D eigenvalue weighted by Crippen LogP contribution is -2.16. The molecule has 0 amide bonds. The first-order valence-corrected chi connectivity index (χ1v) is 13.0. The van der Waals surface area contributed by atoms with Gasteiger partial charge in [-0.05, 0) is 58.1 Å². The van der Waals surface area contributed by atoms with Crippen LogP contribution in [0.4, 0.5) is 0 Å². The van der Waals surface area contributed by atoms with Crippen LogP contribution in [-0.2, 0) is 11.8 Å². The normalized spacial score (nSPS) is 15.3. The van der Waals surface area contributed by atoms with Gasteiger partial charge in [-0.2, -0.15) is 0 Å². The van der Waals surface area contributed by atoms with E-state index >= 15 is 0 Å². The lowest BCUT2D eigenvalue weighted by Gasteiger charge is -2.26. The molecule has 0 aliphatic heterocycles. The zero-order chi connectivity index (χ0) is 25.1. The molecule has 4 rings (SSSR count). The van der Waals surface area contributed by atoms with Crippen LogP contribution in [0.2, 0.25) is 0 Å². The Morgan fingerprint density at radius 1 is 0.636 bits per heavy atom. The molecule has 0 unspecified atom stereocenters. The van der Waals surface area contributed by atoms with Crippen molar-refractivity contribution in [3.8, 4) is 0 Å². The van der Waals surface area contributed by atoms with Crippen LogP contribution < -0.4 is 0 Å². The van der Waals surface area contributed by atoms with Crippen LogP contribution >= 0.6 is 0 Å². The van der Waals surface area contributed by atoms with Gasteiger partial charge < -0.3 is 0 Å². The van der Waals surface area contributed by atoms with Crippen LogP contribution in [0.15, 0.2) is 60.7 Å². The molecule has 184 valence electrons. The third kappa shape index (κ3) is 13.5. The summed E-state index contributed by atoms with van der Waals surface area (Å²) in [6, 6.07) is 19.0. The minimum atomic E-state index is 0.293. The highest BCUT2D eigenvalue weighted by atomic mass is 14.3. The molecule has 0 saturated heterocycles. The van der Waals surface area contributed by atoms with Crippen LogP contribution in [-0.4, -0.2) is 0 Å². The summed E-state index contributed by atoms with van der Waals surface area (Å²) in [6.45, 7) is 22.5. The van der Waals surface area contributed by atoms with Gasteiger partial charge in [-0.25, -0.2) is 0 Å². The Morgan fingerprint density at radius 2 is 1.12 bits per heavy atom. The van der Waals surface area contributed by atoms with Crippen molar-refractivity contribution in [2.45, 2.75) is 107 Å². The number of hydrogen-bond acceptors (Lipinski definition) is 0. The number of benzene rings is 2. The van der Waals surface area contributed by atoms with Gasteiger partial charge >= 0.3 is 0 Å². The Morgan fingerprint density at radius 3 is 1.52 bits per heavy atom. The molecule has 2 aliphatic rings. The summed E-state index contributed by atoms with van der Waals surface area (Å²) in [5.74, 6) is 1.01. The summed E-state index contributed by atoms with van der Waals surface area (Å²) in [4.78, 5) is 0. The second kappa shape index (κ2) is 13.2. The minimum absolute atomic E-state index is 0.293. The Kier molecular flexibility index (Phi) is 11.7. The molecule has 2 aromatic rings. The van der Waals surface area contributed by atoms with Gasteiger partial charge in [-0.3, -0.25) is 0 Å². The van der Waals surface area contributed by atoms with Crippen LogP contribution in [0.25, 0.3) is 6.08 Å². The highest BCUT2D eigenvalue weighted by Crippen LogP contribution is 2.38. The van der Waals surface area contributed by atoms with E-state index in [1.807, 2.05) is 0 Å². The topological polar surface area (TPSA) is 0 Å². The summed E-state index contributed by atoms with van der Waals surface area (Å²) in [6.07, 6.45) is 11.4. The van der Waals surface area contributed by atoms with Crippen LogP contribution in [0.5, 0.6) is 0 Å². The zero-order valence-corrected chi connectivity index (χ0v) is 23.5. The number of fused-ring (bicyclic) bond motifs is 1. The molecule has 0 nitrogen and oxygen atoms in total. The Labute approximate surface area is 206 Å². The van der Waals surface area contributed by atoms with E-state index in [0.29, 0.717) is 16.2 Å². The Balaban J connectivity index is 0.000000226. The fourth-order valence-corrected chi connectivity index (χ4v) is 3.93. The second-order valence-corrected chi connectivity index (χ2v) is 13.3. The van der Waals surface area contributed by atoms with E-state index in [9.17, 15) is 0 Å². The molecule has 0 radical (unpaired) electrons. The Hall–Kier alpha value is -1.82. The van der Waals surface area contributed by atoms with Crippen molar-refractivity contribution in [2.24, 2.45) is 16.7 Å². The van der Waals surface area contributed by atoms with Crippen LogP contribution in [0, 0.1) is 16.7 Å². The quantitative estimate of drug-likeness (QED) is 0.376. The zero-order valence-electron chi connectivity index (χ0n) is 23.5. The fourth-order valence-electron chi connectivity index (χ4n) is 3.93. The molecule has 0 spiro atoms. The van der Waals surface area contributed by atoms with Gasteiger partial charge in [0.1, 0.15) is 0 Å². The first kappa shape index (κ1) is 29.2. The average molecular weight is 449 g/mol. The van der Waals surface area contributed by atoms with Gasteiger partial charge in [0.05, 0.1) is 0 Å². The number of allylic oxidation sites excluding steroid dienone is 1. The van der Waals surface area contributed by atoms with Gasteiger partial charge in [0.2, 0.25) is 0 Å². The SMILES string of the molecule is C1=Cc2ccccc2C1.CC(C)(C)C.CC(C)(C)C1CCCC1.CC(C)(C)c1ccccc1. The lowest BCUT2D eigenvalue weighted by atomic mass is 9.80. The van der Waals surface area contributed by atoms with Crippen molar-refractivity contribution in [2.75, 3.05) is 0 Å². The molecule has 0 heterocycles. The molecule has 2 aromatic carbocycles. The Bertz CT molecular complexity index is 792. The standard InChI is InChI=1S/C10H14.C9H8.C9H18.C5H12/c1-10(2,3)9-7-5-4-6-8-9;1-2-5-9-7-3-6-8(9)4-1;1-9(2,3)8-6-4-5-7-8;1-5(2,3)4/h4-8H,1-3H3;1-6H,7H2;8H,4-7H2,1-3H3;1-4H3. The van der Waals surface area contributed by atoms with Crippen molar-refractivity contribution in [1.82, 2.24) is 0 Å². The second-order valence-electron chi connectivity index (χ2n) is 13.3. The van der Waals surface area contributed by atoms with E-state index in [-0.39, 0.29) is 0 Å². The van der Waals surface area contributed by atoms with Crippen molar-refractivity contribution in [3.63, 3.8) is 0 Å². The highest BCUT2D eigenvalue weighted by Gasteiger charge is 2.26. The van der Waals surface area contributed by atoms with Crippen molar-refractivity contribution in [3.05, 3.63) is 77.4 Å². The van der Waals surface area contributed by atoms with Gasteiger partial charge in [-0.15, -0.1) is 0 Å². The maximum absolute atomic E-state index is 2.36. The molecular formula is C33H52. The van der Waals surface area contributed by atoms with Gasteiger partial charge in [0.25, 0.3) is 0 Å². The summed E-state index contributed by atoms with van der Waals surface area (Å²) in [5.41, 5.74) is 5.61. The first-order chi connectivity index (χ1) is 15.2. The minimum Gasteiger partial charge on any atom is -0.0795 e. The molecule has 2 aliphatic carbocycles. The average Bonchev–Trinajstić information content (AvgIpc) is 3.39. The van der Waals surface area contributed by atoms with Crippen molar-refractivity contribution in [1.29, 1.82) is 0 Å². The number of rotatable bonds is 0. The highest BCUT2D eigenvalue weighted by molar-refractivity contribution is 5.59. The van der Waals surface area contributed by atoms with E-state index in [1.165, 1.54) is 42.4 Å². The molecule has 1 saturated carbocycles. The largest absolute Gasteiger partial charge is 0.0795 e. The maximum atomic E-state index is 2.36. The predicted molar refractivity (Wildman–Crippen MR) is 151 cm³/mol. The van der Waals surface area contributed by atoms with Crippen molar-refractivity contribution >= 4 is 6.08 Å². The van der Waals surface area contributed by atoms with E-state index < -0.39 is 0 Å². The number of hydrogen-bond donors (Lipinski definition) is 0. The smallest absolute Gasteiger partial charge is 0.00882 e. The van der Waals surface area contributed by atoms with E-state index in [4.69, 9.17) is 0 Å².